The van der Waals surface area contributed by atoms with E-state index in [4.69, 9.17) is 9.47 Å². The second kappa shape index (κ2) is 10.8. The van der Waals surface area contributed by atoms with Gasteiger partial charge in [-0.2, -0.15) is 0 Å². The van der Waals surface area contributed by atoms with Crippen molar-refractivity contribution in [2.75, 3.05) is 26.8 Å². The SMILES string of the molecule is CCNC(=O)NC(=O)[C@@H]([NH2+]CCOc1ccccc1OC)c1ccccc1. The average molecular weight is 372 g/mol. The van der Waals surface area contributed by atoms with Crippen LogP contribution in [0.15, 0.2) is 54.6 Å². The summed E-state index contributed by atoms with van der Waals surface area (Å²) in [5, 5.41) is 6.78. The van der Waals surface area contributed by atoms with E-state index in [9.17, 15) is 9.59 Å². The molecule has 0 unspecified atom stereocenters. The zero-order valence-electron chi connectivity index (χ0n) is 15.6. The van der Waals surface area contributed by atoms with E-state index in [0.29, 0.717) is 31.2 Å². The molecule has 27 heavy (non-hydrogen) atoms. The van der Waals surface area contributed by atoms with Crippen LogP contribution in [0.5, 0.6) is 11.5 Å². The monoisotopic (exact) mass is 372 g/mol. The summed E-state index contributed by atoms with van der Waals surface area (Å²) >= 11 is 0. The summed E-state index contributed by atoms with van der Waals surface area (Å²) in [7, 11) is 1.59. The molecule has 0 aliphatic heterocycles. The summed E-state index contributed by atoms with van der Waals surface area (Å²) in [6, 6.07) is 15.7. The normalized spacial score (nSPS) is 11.3. The van der Waals surface area contributed by atoms with E-state index in [1.54, 1.807) is 14.0 Å². The molecule has 0 saturated carbocycles. The van der Waals surface area contributed by atoms with Crippen LogP contribution in [0.25, 0.3) is 0 Å². The molecule has 7 nitrogen and oxygen atoms in total. The summed E-state index contributed by atoms with van der Waals surface area (Å²) < 4.78 is 11.0. The van der Waals surface area contributed by atoms with Crippen molar-refractivity contribution in [3.8, 4) is 11.5 Å². The van der Waals surface area contributed by atoms with Crippen LogP contribution in [-0.2, 0) is 4.79 Å². The first-order valence-electron chi connectivity index (χ1n) is 8.88. The van der Waals surface area contributed by atoms with Gasteiger partial charge in [0.05, 0.1) is 7.11 Å². The molecule has 144 valence electrons. The van der Waals surface area contributed by atoms with E-state index in [1.807, 2.05) is 59.9 Å². The number of hydrogen-bond donors (Lipinski definition) is 3. The van der Waals surface area contributed by atoms with Crippen LogP contribution in [0.2, 0.25) is 0 Å². The third-order valence-electron chi connectivity index (χ3n) is 3.86. The molecule has 0 spiro atoms. The maximum absolute atomic E-state index is 12.5. The van der Waals surface area contributed by atoms with E-state index >= 15 is 0 Å². The molecular weight excluding hydrogens is 346 g/mol. The van der Waals surface area contributed by atoms with E-state index in [2.05, 4.69) is 10.6 Å². The largest absolute Gasteiger partial charge is 0.493 e. The van der Waals surface area contributed by atoms with Crippen LogP contribution in [-0.4, -0.2) is 38.7 Å². The standard InChI is InChI=1S/C20H25N3O4/c1-3-21-20(25)23-19(24)18(15-9-5-4-6-10-15)22-13-14-27-17-12-8-7-11-16(17)26-2/h4-12,18,22H,3,13-14H2,1-2H3,(H2,21,23,24,25)/p+1/t18-/m0/s1. The van der Waals surface area contributed by atoms with Gasteiger partial charge in [0.2, 0.25) is 0 Å². The van der Waals surface area contributed by atoms with E-state index in [0.717, 1.165) is 5.56 Å². The molecule has 0 heterocycles. The fraction of sp³-hybridized carbons (Fsp3) is 0.300. The van der Waals surface area contributed by atoms with Crippen LogP contribution >= 0.6 is 0 Å². The van der Waals surface area contributed by atoms with Gasteiger partial charge < -0.3 is 20.1 Å². The number of nitrogens with one attached hydrogen (secondary N) is 2. The van der Waals surface area contributed by atoms with Gasteiger partial charge in [0.1, 0.15) is 13.2 Å². The number of amides is 3. The predicted octanol–water partition coefficient (Wildman–Crippen LogP) is 1.22. The van der Waals surface area contributed by atoms with Crippen LogP contribution in [0, 0.1) is 0 Å². The van der Waals surface area contributed by atoms with Gasteiger partial charge in [0, 0.05) is 12.1 Å². The van der Waals surface area contributed by atoms with Gasteiger partial charge in [-0.3, -0.25) is 10.1 Å². The van der Waals surface area contributed by atoms with Gasteiger partial charge in [-0.05, 0) is 19.1 Å². The summed E-state index contributed by atoms with van der Waals surface area (Å²) in [5.74, 6) is 0.937. The van der Waals surface area contributed by atoms with Crippen molar-refractivity contribution in [2.45, 2.75) is 13.0 Å². The molecular formula is C20H26N3O4+. The second-order valence-electron chi connectivity index (χ2n) is 5.76. The first kappa shape index (κ1) is 20.3. The summed E-state index contributed by atoms with van der Waals surface area (Å²) in [5.41, 5.74) is 0.816. The molecule has 0 bridgehead atoms. The lowest BCUT2D eigenvalue weighted by Gasteiger charge is -2.16. The van der Waals surface area contributed by atoms with Gasteiger partial charge in [0.25, 0.3) is 5.91 Å². The number of imide groups is 1. The first-order valence-corrected chi connectivity index (χ1v) is 8.88. The van der Waals surface area contributed by atoms with E-state index < -0.39 is 12.1 Å². The van der Waals surface area contributed by atoms with E-state index in [-0.39, 0.29) is 5.91 Å². The number of benzene rings is 2. The molecule has 0 aliphatic rings. The molecule has 0 saturated heterocycles. The van der Waals surface area contributed by atoms with Crippen LogP contribution in [0.1, 0.15) is 18.5 Å². The van der Waals surface area contributed by atoms with Crippen molar-refractivity contribution in [3.63, 3.8) is 0 Å². The molecule has 0 aromatic heterocycles. The highest BCUT2D eigenvalue weighted by atomic mass is 16.5. The fourth-order valence-corrected chi connectivity index (χ4v) is 2.59. The van der Waals surface area contributed by atoms with Gasteiger partial charge >= 0.3 is 6.03 Å². The average Bonchev–Trinajstić information content (AvgIpc) is 2.69. The quantitative estimate of drug-likeness (QED) is 0.577. The highest BCUT2D eigenvalue weighted by Crippen LogP contribution is 2.25. The fourth-order valence-electron chi connectivity index (χ4n) is 2.59. The van der Waals surface area contributed by atoms with Crippen molar-refractivity contribution in [1.29, 1.82) is 0 Å². The predicted molar refractivity (Wildman–Crippen MR) is 102 cm³/mol. The second-order valence-corrected chi connectivity index (χ2v) is 5.76. The molecule has 0 fully saturated rings. The number of ether oxygens (including phenoxy) is 2. The molecule has 0 aliphatic carbocycles. The number of rotatable bonds is 9. The number of hydrogen-bond acceptors (Lipinski definition) is 4. The Bertz CT molecular complexity index is 737. The summed E-state index contributed by atoms with van der Waals surface area (Å²) in [6.07, 6.45) is 0. The number of methoxy groups -OCH3 is 1. The Hall–Kier alpha value is -3.06. The summed E-state index contributed by atoms with van der Waals surface area (Å²) in [6.45, 7) is 3.16. The minimum Gasteiger partial charge on any atom is -0.493 e. The van der Waals surface area contributed by atoms with E-state index in [1.165, 1.54) is 0 Å². The third-order valence-corrected chi connectivity index (χ3v) is 3.86. The Labute approximate surface area is 159 Å². The molecule has 3 amide bonds. The van der Waals surface area contributed by atoms with Crippen molar-refractivity contribution in [3.05, 3.63) is 60.2 Å². The molecule has 2 aromatic rings. The first-order chi connectivity index (χ1) is 13.2. The Morgan fingerprint density at radius 1 is 1.04 bits per heavy atom. The molecule has 2 rings (SSSR count). The van der Waals surface area contributed by atoms with Crippen LogP contribution < -0.4 is 25.4 Å². The lowest BCUT2D eigenvalue weighted by molar-refractivity contribution is -0.683. The van der Waals surface area contributed by atoms with Gasteiger partial charge in [0.15, 0.2) is 17.5 Å². The maximum atomic E-state index is 12.5. The van der Waals surface area contributed by atoms with Crippen molar-refractivity contribution < 1.29 is 24.4 Å². The van der Waals surface area contributed by atoms with Crippen LogP contribution in [0.4, 0.5) is 4.79 Å². The zero-order chi connectivity index (χ0) is 19.5. The molecule has 7 heteroatoms. The van der Waals surface area contributed by atoms with Crippen molar-refractivity contribution in [2.24, 2.45) is 0 Å². The minimum atomic E-state index is -0.546. The Balaban J connectivity index is 1.96. The third kappa shape index (κ3) is 6.31. The smallest absolute Gasteiger partial charge is 0.321 e. The number of carbonyl (C=O) groups is 2. The zero-order valence-corrected chi connectivity index (χ0v) is 15.6. The molecule has 1 atom stereocenters. The number of carbonyl (C=O) groups excluding carboxylic acids is 2. The van der Waals surface area contributed by atoms with Gasteiger partial charge in [-0.25, -0.2) is 4.79 Å². The Kier molecular flexibility index (Phi) is 8.12. The highest BCUT2D eigenvalue weighted by Gasteiger charge is 2.25. The van der Waals surface area contributed by atoms with Crippen molar-refractivity contribution in [1.82, 2.24) is 10.6 Å². The lowest BCUT2D eigenvalue weighted by atomic mass is 10.1. The van der Waals surface area contributed by atoms with Crippen LogP contribution in [0.3, 0.4) is 0 Å². The number of urea groups is 1. The Morgan fingerprint density at radius 3 is 2.37 bits per heavy atom. The molecule has 2 aromatic carbocycles. The number of nitrogens with two attached hydrogens (primary N) is 1. The van der Waals surface area contributed by atoms with Gasteiger partial charge in [-0.15, -0.1) is 0 Å². The number of para-hydroxylation sites is 2. The lowest BCUT2D eigenvalue weighted by Crippen LogP contribution is -2.88. The van der Waals surface area contributed by atoms with Crippen molar-refractivity contribution >= 4 is 11.9 Å². The summed E-state index contributed by atoms with van der Waals surface area (Å²) in [4.78, 5) is 24.2. The maximum Gasteiger partial charge on any atom is 0.321 e. The minimum absolute atomic E-state index is 0.371. The highest BCUT2D eigenvalue weighted by molar-refractivity contribution is 5.96. The number of quaternary nitrogens is 1. The van der Waals surface area contributed by atoms with Gasteiger partial charge in [-0.1, -0.05) is 42.5 Å². The topological polar surface area (TPSA) is 93.3 Å². The molecule has 0 radical (unpaired) electrons. The molecule has 4 N–H and O–H groups in total. The Morgan fingerprint density at radius 2 is 1.70 bits per heavy atom.